The second kappa shape index (κ2) is 4.96. The van der Waals surface area contributed by atoms with Crippen LogP contribution in [-0.2, 0) is 26.4 Å². The van der Waals surface area contributed by atoms with Gasteiger partial charge < -0.3 is 4.74 Å². The summed E-state index contributed by atoms with van der Waals surface area (Å²) in [5.74, 6) is 0.684. The third kappa shape index (κ3) is 3.38. The van der Waals surface area contributed by atoms with Gasteiger partial charge in [-0.25, -0.2) is 8.51 Å². The Bertz CT molecular complexity index is 788. The van der Waals surface area contributed by atoms with Crippen LogP contribution in [-0.4, -0.2) is 42.9 Å². The molecule has 0 amide bonds. The molecule has 1 atom stereocenters. The van der Waals surface area contributed by atoms with E-state index in [-0.39, 0.29) is 10.5 Å². The maximum Gasteiger partial charge on any atom is 0.291 e. The third-order valence-electron chi connectivity index (χ3n) is 3.25. The second-order valence-corrected chi connectivity index (χ2v) is 10.2. The zero-order chi connectivity index (χ0) is 16.1. The van der Waals surface area contributed by atoms with Gasteiger partial charge in [-0.2, -0.15) is 8.42 Å². The Balaban J connectivity index is 2.48. The van der Waals surface area contributed by atoms with Crippen molar-refractivity contribution in [1.29, 1.82) is 0 Å². The Labute approximate surface area is 126 Å². The maximum absolute atomic E-state index is 12.3. The lowest BCUT2D eigenvalue weighted by Gasteiger charge is -2.16. The summed E-state index contributed by atoms with van der Waals surface area (Å²) >= 11 is 0. The molecule has 0 fully saturated rings. The van der Waals surface area contributed by atoms with E-state index in [9.17, 15) is 12.6 Å². The molecule has 0 saturated carbocycles. The lowest BCUT2D eigenvalue weighted by molar-refractivity contribution is 0.138. The van der Waals surface area contributed by atoms with Crippen LogP contribution in [0.1, 0.15) is 19.4 Å². The number of rotatable bonds is 3. The summed E-state index contributed by atoms with van der Waals surface area (Å²) < 4.78 is 47.3. The molecule has 2 rings (SSSR count). The van der Waals surface area contributed by atoms with E-state index in [0.717, 1.165) is 5.56 Å². The van der Waals surface area contributed by atoms with Gasteiger partial charge in [-0.05, 0) is 37.6 Å². The van der Waals surface area contributed by atoms with E-state index in [0.29, 0.717) is 12.2 Å². The highest BCUT2D eigenvalue weighted by atomic mass is 32.3. The fraction of sp³-hybridized carbons (Fsp3) is 0.538. The Kier molecular flexibility index (Phi) is 3.84. The zero-order valence-electron chi connectivity index (χ0n) is 12.8. The summed E-state index contributed by atoms with van der Waals surface area (Å²) in [6.07, 6.45) is 1.92. The lowest BCUT2D eigenvalue weighted by atomic mass is 10.0. The molecule has 21 heavy (non-hydrogen) atoms. The molecule has 0 saturated heterocycles. The van der Waals surface area contributed by atoms with Crippen LogP contribution in [0.3, 0.4) is 0 Å². The molecule has 1 aliphatic rings. The maximum atomic E-state index is 12.3. The van der Waals surface area contributed by atoms with Crippen molar-refractivity contribution in [2.75, 3.05) is 20.4 Å². The summed E-state index contributed by atoms with van der Waals surface area (Å²) in [5.41, 5.74) is 0.479. The third-order valence-corrected chi connectivity index (χ3v) is 7.34. The first kappa shape index (κ1) is 16.3. The van der Waals surface area contributed by atoms with Crippen molar-refractivity contribution in [3.8, 4) is 5.75 Å². The Morgan fingerprint density at radius 1 is 1.24 bits per heavy atom. The molecule has 118 valence electrons. The number of hydrogen-bond donors (Lipinski definition) is 0. The fourth-order valence-corrected chi connectivity index (χ4v) is 4.90. The van der Waals surface area contributed by atoms with Crippen LogP contribution >= 0.6 is 0 Å². The van der Waals surface area contributed by atoms with E-state index >= 15 is 0 Å². The van der Waals surface area contributed by atoms with E-state index in [2.05, 4.69) is 3.77 Å². The minimum absolute atomic E-state index is 0.0407. The monoisotopic (exact) mass is 332 g/mol. The van der Waals surface area contributed by atoms with Gasteiger partial charge in [0.2, 0.25) is 0 Å². The number of sulfonamides is 1. The van der Waals surface area contributed by atoms with Crippen LogP contribution in [0, 0.1) is 0 Å². The summed E-state index contributed by atoms with van der Waals surface area (Å²) in [6.45, 7) is 3.88. The van der Waals surface area contributed by atoms with Crippen molar-refractivity contribution in [3.63, 3.8) is 0 Å². The van der Waals surface area contributed by atoms with Gasteiger partial charge in [0, 0.05) is 26.8 Å². The predicted molar refractivity (Wildman–Crippen MR) is 82.2 cm³/mol. The van der Waals surface area contributed by atoms with Gasteiger partial charge in [-0.3, -0.25) is 0 Å². The van der Waals surface area contributed by atoms with E-state index in [1.807, 2.05) is 13.8 Å². The fourth-order valence-electron chi connectivity index (χ4n) is 2.04. The van der Waals surface area contributed by atoms with Crippen molar-refractivity contribution >= 4 is 19.9 Å². The zero-order valence-corrected chi connectivity index (χ0v) is 14.4. The molecule has 0 spiro atoms. The molecule has 8 heteroatoms. The summed E-state index contributed by atoms with van der Waals surface area (Å²) in [4.78, 5) is 0.0407. The highest BCUT2D eigenvalue weighted by Crippen LogP contribution is 2.36. The molecule has 1 aliphatic heterocycles. The van der Waals surface area contributed by atoms with Crippen LogP contribution in [0.25, 0.3) is 0 Å². The first-order valence-electron chi connectivity index (χ1n) is 6.41. The largest absolute Gasteiger partial charge is 0.487 e. The molecule has 1 aromatic carbocycles. The summed E-state index contributed by atoms with van der Waals surface area (Å²) in [5, 5.41) is 0. The minimum atomic E-state index is -3.97. The number of nitrogens with zero attached hydrogens (tertiary/aromatic N) is 2. The van der Waals surface area contributed by atoms with Crippen LogP contribution in [0.5, 0.6) is 5.75 Å². The van der Waals surface area contributed by atoms with Crippen LogP contribution in [0.4, 0.5) is 0 Å². The van der Waals surface area contributed by atoms with Crippen molar-refractivity contribution in [2.24, 2.45) is 3.77 Å². The van der Waals surface area contributed by atoms with Gasteiger partial charge in [0.05, 0.1) is 4.90 Å². The molecule has 0 radical (unpaired) electrons. The average Bonchev–Trinajstić information content (AvgIpc) is 2.59. The molecular formula is C13H20N2O4S2. The molecule has 0 aromatic heterocycles. The quantitative estimate of drug-likeness (QED) is 0.843. The Hall–Kier alpha value is -1.12. The van der Waals surface area contributed by atoms with Gasteiger partial charge in [0.1, 0.15) is 21.3 Å². The molecular weight excluding hydrogens is 312 g/mol. The highest BCUT2D eigenvalue weighted by Gasteiger charge is 2.31. The van der Waals surface area contributed by atoms with E-state index in [1.54, 1.807) is 12.1 Å². The van der Waals surface area contributed by atoms with Gasteiger partial charge in [0.15, 0.2) is 0 Å². The Morgan fingerprint density at radius 2 is 1.86 bits per heavy atom. The average molecular weight is 332 g/mol. The normalized spacial score (nSPS) is 19.7. The second-order valence-electron chi connectivity index (χ2n) is 5.93. The van der Waals surface area contributed by atoms with Crippen LogP contribution < -0.4 is 4.74 Å². The number of benzene rings is 1. The first-order valence-corrected chi connectivity index (χ1v) is 9.73. The smallest absolute Gasteiger partial charge is 0.291 e. The van der Waals surface area contributed by atoms with Gasteiger partial charge >= 0.3 is 0 Å². The topological polar surface area (TPSA) is 76.0 Å². The van der Waals surface area contributed by atoms with Gasteiger partial charge in [0.25, 0.3) is 10.0 Å². The summed E-state index contributed by atoms with van der Waals surface area (Å²) in [6, 6.07) is 4.61. The minimum Gasteiger partial charge on any atom is -0.487 e. The highest BCUT2D eigenvalue weighted by molar-refractivity contribution is 8.01. The molecule has 1 aromatic rings. The standard InChI is InChI=1S/C13H20N2O4S2/c1-13(2)9-10-8-11(6-7-12(10)19-13)21(17,18)14-20(5,16)15(3)4/h6-8H,9H2,1-5H3. The molecule has 0 aliphatic carbocycles. The SMILES string of the molecule is CN(C)S(C)(=O)=NS(=O)(=O)c1ccc2c(c1)CC(C)(C)O2. The van der Waals surface area contributed by atoms with E-state index in [1.165, 1.54) is 30.7 Å². The lowest BCUT2D eigenvalue weighted by Crippen LogP contribution is -2.24. The molecule has 0 N–H and O–H groups in total. The first-order chi connectivity index (χ1) is 9.43. The van der Waals surface area contributed by atoms with E-state index in [4.69, 9.17) is 4.74 Å². The number of hydrogen-bond acceptors (Lipinski definition) is 4. The number of fused-ring (bicyclic) bond motifs is 1. The molecule has 1 heterocycles. The molecule has 1 unspecified atom stereocenters. The van der Waals surface area contributed by atoms with Crippen molar-refractivity contribution < 1.29 is 17.4 Å². The van der Waals surface area contributed by atoms with Crippen molar-refractivity contribution in [2.45, 2.75) is 30.8 Å². The number of ether oxygens (including phenoxy) is 1. The van der Waals surface area contributed by atoms with Crippen molar-refractivity contribution in [3.05, 3.63) is 23.8 Å². The van der Waals surface area contributed by atoms with E-state index < -0.39 is 19.9 Å². The molecule has 6 nitrogen and oxygen atoms in total. The van der Waals surface area contributed by atoms with Crippen molar-refractivity contribution in [1.82, 2.24) is 4.31 Å². The Morgan fingerprint density at radius 3 is 2.43 bits per heavy atom. The predicted octanol–water partition coefficient (Wildman–Crippen LogP) is 1.66. The van der Waals surface area contributed by atoms with Gasteiger partial charge in [-0.1, -0.05) is 3.77 Å². The van der Waals surface area contributed by atoms with Gasteiger partial charge in [-0.15, -0.1) is 0 Å². The molecule has 0 bridgehead atoms. The summed E-state index contributed by atoms with van der Waals surface area (Å²) in [7, 11) is -3.86. The van der Waals surface area contributed by atoms with Crippen LogP contribution in [0.15, 0.2) is 26.9 Å². The van der Waals surface area contributed by atoms with Crippen LogP contribution in [0.2, 0.25) is 0 Å².